The molecule has 3 rings (SSSR count). The second-order valence-electron chi connectivity index (χ2n) is 11.4. The number of methoxy groups -OCH3 is 1. The number of ether oxygens (including phenoxy) is 1. The molecule has 2 atom stereocenters. The lowest BCUT2D eigenvalue weighted by atomic mass is 9.67. The number of hydrazine groups is 1. The highest BCUT2D eigenvalue weighted by Crippen LogP contribution is 2.47. The lowest BCUT2D eigenvalue weighted by Crippen LogP contribution is -2.63. The monoisotopic (exact) mass is 542 g/mol. The molecule has 1 aliphatic rings. The van der Waals surface area contributed by atoms with Gasteiger partial charge in [-0.2, -0.15) is 0 Å². The molecule has 0 aliphatic carbocycles. The molecule has 0 bridgehead atoms. The van der Waals surface area contributed by atoms with Crippen molar-refractivity contribution in [1.29, 1.82) is 0 Å². The molecule has 2 aromatic rings. The largest absolute Gasteiger partial charge is 0.465 e. The highest BCUT2D eigenvalue weighted by Gasteiger charge is 2.51. The van der Waals surface area contributed by atoms with Crippen molar-refractivity contribution in [2.24, 2.45) is 11.3 Å². The summed E-state index contributed by atoms with van der Waals surface area (Å²) in [5.41, 5.74) is 0.319. The number of esters is 1. The first-order chi connectivity index (χ1) is 17.8. The zero-order chi connectivity index (χ0) is 28.4. The summed E-state index contributed by atoms with van der Waals surface area (Å²) in [6.07, 6.45) is 1.13. The molecule has 1 fully saturated rings. The predicted molar refractivity (Wildman–Crippen MR) is 148 cm³/mol. The molecule has 1 N–H and O–H groups in total. The molecule has 2 aromatic carbocycles. The van der Waals surface area contributed by atoms with E-state index >= 15 is 0 Å². The summed E-state index contributed by atoms with van der Waals surface area (Å²) in [7, 11) is 1.31. The van der Waals surface area contributed by atoms with Crippen molar-refractivity contribution in [1.82, 2.24) is 10.0 Å². The number of aliphatic hydroxyl groups is 1. The van der Waals surface area contributed by atoms with Crippen LogP contribution in [0.25, 0.3) is 0 Å². The van der Waals surface area contributed by atoms with E-state index in [2.05, 4.69) is 0 Å². The Morgan fingerprint density at radius 3 is 2.24 bits per heavy atom. The summed E-state index contributed by atoms with van der Waals surface area (Å²) in [4.78, 5) is 38.9. The van der Waals surface area contributed by atoms with Crippen LogP contribution in [0.4, 0.5) is 0 Å². The number of hydrogen-bond acceptors (Lipinski definition) is 6. The van der Waals surface area contributed by atoms with E-state index in [1.807, 2.05) is 58.7 Å². The van der Waals surface area contributed by atoms with Crippen LogP contribution in [0, 0.1) is 11.3 Å². The van der Waals surface area contributed by atoms with Gasteiger partial charge in [-0.25, -0.2) is 9.80 Å². The predicted octanol–water partition coefficient (Wildman–Crippen LogP) is 5.45. The summed E-state index contributed by atoms with van der Waals surface area (Å²) >= 11 is 6.08. The van der Waals surface area contributed by atoms with Crippen molar-refractivity contribution in [3.05, 3.63) is 69.7 Å². The van der Waals surface area contributed by atoms with E-state index in [0.29, 0.717) is 35.7 Å². The van der Waals surface area contributed by atoms with Crippen LogP contribution in [0.15, 0.2) is 42.5 Å². The maximum atomic E-state index is 14.1. The summed E-state index contributed by atoms with van der Waals surface area (Å²) in [5.74, 6) is -1.01. The minimum atomic E-state index is -1.16. The lowest BCUT2D eigenvalue weighted by molar-refractivity contribution is -0.173. The highest BCUT2D eigenvalue weighted by atomic mass is 35.5. The second kappa shape index (κ2) is 11.6. The van der Waals surface area contributed by atoms with Crippen molar-refractivity contribution in [3.63, 3.8) is 0 Å². The first kappa shape index (κ1) is 29.8. The van der Waals surface area contributed by atoms with Gasteiger partial charge in [0.2, 0.25) is 0 Å². The van der Waals surface area contributed by atoms with E-state index in [0.717, 1.165) is 17.4 Å². The fourth-order valence-electron chi connectivity index (χ4n) is 5.30. The molecule has 38 heavy (non-hydrogen) atoms. The number of benzene rings is 2. The fourth-order valence-corrected chi connectivity index (χ4v) is 5.43. The third-order valence-electron chi connectivity index (χ3n) is 7.70. The number of halogens is 1. The fraction of sp³-hybridized carbons (Fsp3) is 0.500. The molecule has 0 saturated carbocycles. The van der Waals surface area contributed by atoms with E-state index in [-0.39, 0.29) is 17.7 Å². The van der Waals surface area contributed by atoms with Gasteiger partial charge in [0.25, 0.3) is 5.91 Å². The Hall–Kier alpha value is -2.74. The van der Waals surface area contributed by atoms with Gasteiger partial charge in [0.15, 0.2) is 0 Å². The average molecular weight is 543 g/mol. The summed E-state index contributed by atoms with van der Waals surface area (Å²) < 4.78 is 4.98. The quantitative estimate of drug-likeness (QED) is 0.352. The molecular weight excluding hydrogens is 504 g/mol. The van der Waals surface area contributed by atoms with Crippen molar-refractivity contribution in [2.75, 3.05) is 20.2 Å². The number of amides is 1. The Balaban J connectivity index is 2.03. The van der Waals surface area contributed by atoms with Crippen molar-refractivity contribution < 1.29 is 24.2 Å². The second-order valence-corrected chi connectivity index (χ2v) is 11.8. The van der Waals surface area contributed by atoms with Crippen LogP contribution in [-0.4, -0.2) is 59.5 Å². The van der Waals surface area contributed by atoms with E-state index in [4.69, 9.17) is 16.3 Å². The summed E-state index contributed by atoms with van der Waals surface area (Å²) in [5, 5.41) is 15.8. The Kier molecular flexibility index (Phi) is 9.07. The summed E-state index contributed by atoms with van der Waals surface area (Å²) in [6.45, 7) is 12.3. The standard InChI is InChI=1S/C30H39ClN2O5/c1-19(2)24-13-8-21(16-25(24)28(36)38-7)27(35)33(26(17-34)20(3)4)32-15-14-30(37,29(5,6)18-32)22-9-11-23(31)12-10-22/h8-13,16-17,19-20,26,37H,14-15,18H2,1-7H3/t26-,30-/m0/s1. The molecule has 0 aromatic heterocycles. The zero-order valence-corrected chi connectivity index (χ0v) is 24.1. The number of carbonyl (C=O) groups is 3. The molecule has 8 heteroatoms. The Morgan fingerprint density at radius 1 is 1.11 bits per heavy atom. The molecule has 206 valence electrons. The first-order valence-electron chi connectivity index (χ1n) is 13.0. The topological polar surface area (TPSA) is 87.2 Å². The van der Waals surface area contributed by atoms with Gasteiger partial charge in [-0.15, -0.1) is 0 Å². The number of hydrogen-bond donors (Lipinski definition) is 1. The maximum Gasteiger partial charge on any atom is 0.338 e. The maximum absolute atomic E-state index is 14.1. The third kappa shape index (κ3) is 5.65. The Labute approximate surface area is 230 Å². The minimum absolute atomic E-state index is 0.0520. The van der Waals surface area contributed by atoms with E-state index in [1.165, 1.54) is 12.1 Å². The van der Waals surface area contributed by atoms with Crippen molar-refractivity contribution >= 4 is 29.8 Å². The number of aldehydes is 1. The molecule has 0 unspecified atom stereocenters. The summed E-state index contributed by atoms with van der Waals surface area (Å²) in [6, 6.07) is 11.5. The molecular formula is C30H39ClN2O5. The number of piperidine rings is 1. The van der Waals surface area contributed by atoms with Crippen LogP contribution >= 0.6 is 11.6 Å². The van der Waals surface area contributed by atoms with Gasteiger partial charge in [0.05, 0.1) is 18.3 Å². The number of rotatable bonds is 8. The first-order valence-corrected chi connectivity index (χ1v) is 13.4. The van der Waals surface area contributed by atoms with Crippen LogP contribution in [0.1, 0.15) is 85.7 Å². The normalized spacial score (nSPS) is 20.3. The molecule has 1 aliphatic heterocycles. The van der Waals surface area contributed by atoms with Gasteiger partial charge in [-0.05, 0) is 53.6 Å². The van der Waals surface area contributed by atoms with E-state index in [1.54, 1.807) is 30.3 Å². The van der Waals surface area contributed by atoms with Crippen LogP contribution in [0.3, 0.4) is 0 Å². The Morgan fingerprint density at radius 2 is 1.74 bits per heavy atom. The van der Waals surface area contributed by atoms with Gasteiger partial charge >= 0.3 is 5.97 Å². The molecule has 7 nitrogen and oxygen atoms in total. The number of nitrogens with zero attached hydrogens (tertiary/aromatic N) is 2. The van der Waals surface area contributed by atoms with Gasteiger partial charge in [-0.3, -0.25) is 9.80 Å². The third-order valence-corrected chi connectivity index (χ3v) is 7.95. The minimum Gasteiger partial charge on any atom is -0.465 e. The van der Waals surface area contributed by atoms with Crippen LogP contribution in [-0.2, 0) is 15.1 Å². The molecule has 0 radical (unpaired) electrons. The van der Waals surface area contributed by atoms with Gasteiger partial charge in [-0.1, -0.05) is 71.3 Å². The van der Waals surface area contributed by atoms with Gasteiger partial charge in [0, 0.05) is 29.1 Å². The highest BCUT2D eigenvalue weighted by molar-refractivity contribution is 6.30. The smallest absolute Gasteiger partial charge is 0.338 e. The molecule has 0 spiro atoms. The van der Waals surface area contributed by atoms with E-state index < -0.39 is 23.0 Å². The van der Waals surface area contributed by atoms with Crippen LogP contribution in [0.2, 0.25) is 5.02 Å². The van der Waals surface area contributed by atoms with Crippen molar-refractivity contribution in [2.45, 2.75) is 65.5 Å². The SMILES string of the molecule is COC(=O)c1cc(C(=O)N([C@@H](C=O)C(C)C)N2CC[C@](O)(c3ccc(Cl)cc3)C(C)(C)C2)ccc1C(C)C. The Bertz CT molecular complexity index is 1180. The molecule has 1 heterocycles. The molecule has 1 saturated heterocycles. The van der Waals surface area contributed by atoms with Crippen LogP contribution < -0.4 is 0 Å². The number of carbonyl (C=O) groups excluding carboxylic acids is 3. The van der Waals surface area contributed by atoms with Crippen molar-refractivity contribution in [3.8, 4) is 0 Å². The van der Waals surface area contributed by atoms with E-state index in [9.17, 15) is 19.5 Å². The lowest BCUT2D eigenvalue weighted by Gasteiger charge is -2.53. The zero-order valence-electron chi connectivity index (χ0n) is 23.3. The molecule has 1 amide bonds. The average Bonchev–Trinajstić information content (AvgIpc) is 2.87. The van der Waals surface area contributed by atoms with Gasteiger partial charge in [0.1, 0.15) is 12.3 Å². The van der Waals surface area contributed by atoms with Gasteiger partial charge < -0.3 is 14.6 Å². The van der Waals surface area contributed by atoms with Crippen LogP contribution in [0.5, 0.6) is 0 Å².